The van der Waals surface area contributed by atoms with Gasteiger partial charge in [-0.05, 0) is 44.7 Å². The second-order valence-corrected chi connectivity index (χ2v) is 8.23. The van der Waals surface area contributed by atoms with Gasteiger partial charge in [0.25, 0.3) is 0 Å². The summed E-state index contributed by atoms with van der Waals surface area (Å²) in [5, 5.41) is 3.31. The Morgan fingerprint density at radius 3 is 2.75 bits per heavy atom. The molecule has 0 aliphatic heterocycles. The lowest BCUT2D eigenvalue weighted by atomic mass is 9.81. The molecule has 3 atom stereocenters. The number of hydrogen-bond donors (Lipinski definition) is 1. The number of nitrogens with one attached hydrogen (secondary N) is 1. The minimum Gasteiger partial charge on any atom is -0.469 e. The van der Waals surface area contributed by atoms with Crippen LogP contribution >= 0.6 is 0 Å². The SMILES string of the molecule is CCNC(c1coc(C)c1)C1CCCC(S(C)(=O)=O)C1. The molecule has 0 amide bonds. The molecule has 0 radical (unpaired) electrons. The number of rotatable bonds is 5. The van der Waals surface area contributed by atoms with Crippen molar-refractivity contribution in [1.82, 2.24) is 5.32 Å². The van der Waals surface area contributed by atoms with Crippen LogP contribution in [0.4, 0.5) is 0 Å². The largest absolute Gasteiger partial charge is 0.469 e. The summed E-state index contributed by atoms with van der Waals surface area (Å²) in [7, 11) is -2.94. The lowest BCUT2D eigenvalue weighted by Gasteiger charge is -2.34. The molecule has 1 aromatic rings. The van der Waals surface area contributed by atoms with Crippen molar-refractivity contribution in [3.05, 3.63) is 23.7 Å². The Balaban J connectivity index is 2.17. The first-order valence-electron chi connectivity index (χ1n) is 7.39. The number of aryl methyl sites for hydroxylation is 1. The molecule has 2 rings (SSSR count). The van der Waals surface area contributed by atoms with E-state index in [-0.39, 0.29) is 11.3 Å². The van der Waals surface area contributed by atoms with Gasteiger partial charge in [0, 0.05) is 17.9 Å². The lowest BCUT2D eigenvalue weighted by molar-refractivity contribution is 0.274. The van der Waals surface area contributed by atoms with Gasteiger partial charge < -0.3 is 9.73 Å². The first kappa shape index (κ1) is 15.6. The van der Waals surface area contributed by atoms with Gasteiger partial charge in [-0.3, -0.25) is 0 Å². The minimum atomic E-state index is -2.94. The average molecular weight is 299 g/mol. The molecule has 3 unspecified atom stereocenters. The van der Waals surface area contributed by atoms with Crippen molar-refractivity contribution in [1.29, 1.82) is 0 Å². The topological polar surface area (TPSA) is 59.3 Å². The number of hydrogen-bond acceptors (Lipinski definition) is 4. The highest BCUT2D eigenvalue weighted by Crippen LogP contribution is 2.37. The van der Waals surface area contributed by atoms with Gasteiger partial charge in [0.05, 0.1) is 11.5 Å². The van der Waals surface area contributed by atoms with Crippen LogP contribution in [-0.4, -0.2) is 26.5 Å². The standard InChI is InChI=1S/C15H25NO3S/c1-4-16-15(13-8-11(2)19-10-13)12-6-5-7-14(9-12)20(3,17)18/h8,10,12,14-16H,4-7,9H2,1-3H3. The molecule has 1 heterocycles. The van der Waals surface area contributed by atoms with Gasteiger partial charge in [0.15, 0.2) is 0 Å². The molecule has 4 nitrogen and oxygen atoms in total. The van der Waals surface area contributed by atoms with Crippen molar-refractivity contribution in [3.8, 4) is 0 Å². The van der Waals surface area contributed by atoms with E-state index in [0.717, 1.165) is 43.6 Å². The Bertz CT molecular complexity index is 535. The molecule has 5 heteroatoms. The highest BCUT2D eigenvalue weighted by atomic mass is 32.2. The van der Waals surface area contributed by atoms with Gasteiger partial charge in [-0.15, -0.1) is 0 Å². The maximum Gasteiger partial charge on any atom is 0.150 e. The van der Waals surface area contributed by atoms with E-state index in [9.17, 15) is 8.42 Å². The predicted molar refractivity (Wildman–Crippen MR) is 80.5 cm³/mol. The molecule has 1 N–H and O–H groups in total. The van der Waals surface area contributed by atoms with Crippen LogP contribution in [0, 0.1) is 12.8 Å². The molecule has 1 aliphatic rings. The Morgan fingerprint density at radius 2 is 2.20 bits per heavy atom. The fourth-order valence-electron chi connectivity index (χ4n) is 3.28. The fourth-order valence-corrected chi connectivity index (χ4v) is 4.47. The van der Waals surface area contributed by atoms with Crippen molar-refractivity contribution in [2.24, 2.45) is 5.92 Å². The molecule has 1 saturated carbocycles. The third-order valence-corrected chi connectivity index (χ3v) is 5.92. The highest BCUT2D eigenvalue weighted by molar-refractivity contribution is 7.91. The zero-order chi connectivity index (χ0) is 14.8. The van der Waals surface area contributed by atoms with E-state index in [1.54, 1.807) is 6.26 Å². The van der Waals surface area contributed by atoms with E-state index >= 15 is 0 Å². The second-order valence-electron chi connectivity index (χ2n) is 5.90. The van der Waals surface area contributed by atoms with Crippen molar-refractivity contribution >= 4 is 9.84 Å². The van der Waals surface area contributed by atoms with E-state index in [1.807, 2.05) is 6.92 Å². The van der Waals surface area contributed by atoms with E-state index in [1.165, 1.54) is 6.26 Å². The highest BCUT2D eigenvalue weighted by Gasteiger charge is 2.33. The molecular weight excluding hydrogens is 274 g/mol. The molecule has 1 aliphatic carbocycles. The third kappa shape index (κ3) is 3.64. The molecule has 20 heavy (non-hydrogen) atoms. The van der Waals surface area contributed by atoms with E-state index in [4.69, 9.17) is 4.42 Å². The Hall–Kier alpha value is -0.810. The molecule has 0 aromatic carbocycles. The summed E-state index contributed by atoms with van der Waals surface area (Å²) in [5.74, 6) is 1.26. The Labute approximate surface area is 121 Å². The van der Waals surface area contributed by atoms with Crippen molar-refractivity contribution < 1.29 is 12.8 Å². The van der Waals surface area contributed by atoms with Gasteiger partial charge in [-0.1, -0.05) is 13.3 Å². The van der Waals surface area contributed by atoms with Crippen molar-refractivity contribution in [3.63, 3.8) is 0 Å². The molecule has 1 aromatic heterocycles. The molecule has 0 spiro atoms. The second kappa shape index (κ2) is 6.31. The van der Waals surface area contributed by atoms with Gasteiger partial charge >= 0.3 is 0 Å². The van der Waals surface area contributed by atoms with Crippen LogP contribution in [0.5, 0.6) is 0 Å². The molecule has 0 bridgehead atoms. The molecule has 0 saturated heterocycles. The van der Waals surface area contributed by atoms with E-state index < -0.39 is 9.84 Å². The zero-order valence-corrected chi connectivity index (χ0v) is 13.4. The average Bonchev–Trinajstić information content (AvgIpc) is 2.81. The smallest absolute Gasteiger partial charge is 0.150 e. The molecule has 1 fully saturated rings. The fraction of sp³-hybridized carbons (Fsp3) is 0.733. The normalized spacial score (nSPS) is 25.6. The lowest BCUT2D eigenvalue weighted by Crippen LogP contribution is -2.35. The van der Waals surface area contributed by atoms with Crippen LogP contribution in [0.3, 0.4) is 0 Å². The molecule has 114 valence electrons. The van der Waals surface area contributed by atoms with Crippen molar-refractivity contribution in [2.45, 2.75) is 50.8 Å². The summed E-state index contributed by atoms with van der Waals surface area (Å²) in [5.41, 5.74) is 1.14. The minimum absolute atomic E-state index is 0.185. The summed E-state index contributed by atoms with van der Waals surface area (Å²) in [4.78, 5) is 0. The van der Waals surface area contributed by atoms with Crippen LogP contribution in [0.15, 0.2) is 16.7 Å². The zero-order valence-electron chi connectivity index (χ0n) is 12.6. The van der Waals surface area contributed by atoms with Crippen LogP contribution in [0.25, 0.3) is 0 Å². The first-order valence-corrected chi connectivity index (χ1v) is 9.34. The van der Waals surface area contributed by atoms with Gasteiger partial charge in [0.2, 0.25) is 0 Å². The van der Waals surface area contributed by atoms with Crippen LogP contribution in [0.2, 0.25) is 0 Å². The summed E-state index contributed by atoms with van der Waals surface area (Å²) >= 11 is 0. The maximum absolute atomic E-state index is 11.8. The monoisotopic (exact) mass is 299 g/mol. The van der Waals surface area contributed by atoms with Gasteiger partial charge in [-0.2, -0.15) is 0 Å². The third-order valence-electron chi connectivity index (χ3n) is 4.28. The van der Waals surface area contributed by atoms with Crippen LogP contribution in [-0.2, 0) is 9.84 Å². The maximum atomic E-state index is 11.8. The van der Waals surface area contributed by atoms with Crippen LogP contribution < -0.4 is 5.32 Å². The summed E-state index contributed by atoms with van der Waals surface area (Å²) < 4.78 is 29.0. The van der Waals surface area contributed by atoms with E-state index in [0.29, 0.717) is 5.92 Å². The first-order chi connectivity index (χ1) is 9.41. The molecular formula is C15H25NO3S. The van der Waals surface area contributed by atoms with Gasteiger partial charge in [0.1, 0.15) is 15.6 Å². The quantitative estimate of drug-likeness (QED) is 0.908. The Morgan fingerprint density at radius 1 is 1.45 bits per heavy atom. The summed E-state index contributed by atoms with van der Waals surface area (Å²) in [6.07, 6.45) is 6.78. The predicted octanol–water partition coefficient (Wildman–Crippen LogP) is 2.84. The summed E-state index contributed by atoms with van der Waals surface area (Å²) in [6.45, 7) is 4.89. The van der Waals surface area contributed by atoms with Crippen molar-refractivity contribution in [2.75, 3.05) is 12.8 Å². The summed E-state index contributed by atoms with van der Waals surface area (Å²) in [6, 6.07) is 2.25. The van der Waals surface area contributed by atoms with E-state index in [2.05, 4.69) is 18.3 Å². The van der Waals surface area contributed by atoms with Crippen LogP contribution in [0.1, 0.15) is 50.0 Å². The Kier molecular flexibility index (Phi) is 4.91. The number of sulfone groups is 1. The number of furan rings is 1. The van der Waals surface area contributed by atoms with Gasteiger partial charge in [-0.25, -0.2) is 8.42 Å².